The Morgan fingerprint density at radius 2 is 2.37 bits per heavy atom. The summed E-state index contributed by atoms with van der Waals surface area (Å²) in [5.74, 6) is 0.158. The molecule has 0 fully saturated rings. The summed E-state index contributed by atoms with van der Waals surface area (Å²) in [4.78, 5) is 15.2. The van der Waals surface area contributed by atoms with Gasteiger partial charge in [0.05, 0.1) is 26.2 Å². The fourth-order valence-corrected chi connectivity index (χ4v) is 1.60. The van der Waals surface area contributed by atoms with Crippen LogP contribution in [0.1, 0.15) is 18.9 Å². The predicted octanol–water partition coefficient (Wildman–Crippen LogP) is 0.494. The zero-order valence-electron chi connectivity index (χ0n) is 11.3. The van der Waals surface area contributed by atoms with E-state index in [1.165, 1.54) is 0 Å². The highest BCUT2D eigenvalue weighted by molar-refractivity contribution is 5.69. The van der Waals surface area contributed by atoms with Crippen molar-refractivity contribution in [1.29, 1.82) is 0 Å². The molecule has 0 saturated heterocycles. The van der Waals surface area contributed by atoms with Gasteiger partial charge < -0.3 is 19.9 Å². The minimum atomic E-state index is -0.762. The van der Waals surface area contributed by atoms with Crippen molar-refractivity contribution in [2.24, 2.45) is 0 Å². The molecule has 0 aliphatic carbocycles. The van der Waals surface area contributed by atoms with Crippen molar-refractivity contribution in [2.45, 2.75) is 26.0 Å². The van der Waals surface area contributed by atoms with Crippen molar-refractivity contribution in [3.8, 4) is 5.88 Å². The van der Waals surface area contributed by atoms with Gasteiger partial charge in [-0.15, -0.1) is 0 Å². The highest BCUT2D eigenvalue weighted by atomic mass is 16.5. The van der Waals surface area contributed by atoms with E-state index in [-0.39, 0.29) is 6.42 Å². The summed E-state index contributed by atoms with van der Waals surface area (Å²) in [6.07, 6.45) is 0.880. The quantitative estimate of drug-likeness (QED) is 0.668. The van der Waals surface area contributed by atoms with E-state index in [1.807, 2.05) is 12.1 Å². The smallest absolute Gasteiger partial charge is 0.308 e. The minimum Gasteiger partial charge on any atom is -0.481 e. The number of pyridine rings is 1. The molecular formula is C13H20N2O4. The molecule has 2 N–H and O–H groups in total. The van der Waals surface area contributed by atoms with Gasteiger partial charge in [0.25, 0.3) is 0 Å². The molecule has 1 aromatic heterocycles. The highest BCUT2D eigenvalue weighted by Gasteiger charge is 2.11. The Bertz CT molecular complexity index is 398. The number of ether oxygens (including phenoxy) is 2. The van der Waals surface area contributed by atoms with Gasteiger partial charge in [0.2, 0.25) is 5.88 Å². The lowest BCUT2D eigenvalue weighted by Gasteiger charge is -2.12. The van der Waals surface area contributed by atoms with Crippen LogP contribution in [0.2, 0.25) is 0 Å². The molecule has 1 atom stereocenters. The number of aliphatic hydroxyl groups is 1. The summed E-state index contributed by atoms with van der Waals surface area (Å²) >= 11 is 0. The molecule has 0 aromatic carbocycles. The van der Waals surface area contributed by atoms with Crippen LogP contribution in [0.25, 0.3) is 0 Å². The van der Waals surface area contributed by atoms with Crippen molar-refractivity contribution < 1.29 is 19.4 Å². The van der Waals surface area contributed by atoms with E-state index in [0.717, 1.165) is 5.56 Å². The van der Waals surface area contributed by atoms with Gasteiger partial charge in [-0.2, -0.15) is 0 Å². The van der Waals surface area contributed by atoms with Crippen LogP contribution in [-0.2, 0) is 16.1 Å². The Hall–Kier alpha value is -1.66. The second kappa shape index (κ2) is 8.44. The van der Waals surface area contributed by atoms with E-state index in [1.54, 1.807) is 20.2 Å². The number of carbonyl (C=O) groups excluding carboxylic acids is 1. The normalized spacial score (nSPS) is 11.9. The van der Waals surface area contributed by atoms with Crippen molar-refractivity contribution >= 4 is 5.97 Å². The molecule has 6 heteroatoms. The molecule has 1 heterocycles. The number of aromatic nitrogens is 1. The molecule has 19 heavy (non-hydrogen) atoms. The van der Waals surface area contributed by atoms with Crippen LogP contribution in [0.5, 0.6) is 5.88 Å². The van der Waals surface area contributed by atoms with Crippen LogP contribution in [0.3, 0.4) is 0 Å². The number of hydrogen-bond acceptors (Lipinski definition) is 6. The van der Waals surface area contributed by atoms with Crippen LogP contribution in [0, 0.1) is 0 Å². The maximum atomic E-state index is 11.1. The Balaban J connectivity index is 2.31. The monoisotopic (exact) mass is 268 g/mol. The summed E-state index contributed by atoms with van der Waals surface area (Å²) in [7, 11) is 1.56. The highest BCUT2D eigenvalue weighted by Crippen LogP contribution is 2.12. The van der Waals surface area contributed by atoms with Crippen molar-refractivity contribution in [3.05, 3.63) is 23.9 Å². The number of aliphatic hydroxyl groups excluding tert-OH is 1. The number of carbonyl (C=O) groups is 1. The second-order valence-electron chi connectivity index (χ2n) is 3.97. The number of hydrogen-bond donors (Lipinski definition) is 2. The predicted molar refractivity (Wildman–Crippen MR) is 69.8 cm³/mol. The van der Waals surface area contributed by atoms with Crippen molar-refractivity contribution in [2.75, 3.05) is 20.3 Å². The summed E-state index contributed by atoms with van der Waals surface area (Å²) in [5, 5.41) is 12.7. The van der Waals surface area contributed by atoms with Crippen molar-refractivity contribution in [1.82, 2.24) is 10.3 Å². The maximum Gasteiger partial charge on any atom is 0.308 e. The minimum absolute atomic E-state index is 0.00891. The molecule has 0 aliphatic heterocycles. The Morgan fingerprint density at radius 3 is 3.05 bits per heavy atom. The molecule has 0 amide bonds. The first kappa shape index (κ1) is 15.4. The van der Waals surface area contributed by atoms with Gasteiger partial charge >= 0.3 is 5.97 Å². The average Bonchev–Trinajstić information content (AvgIpc) is 2.39. The first-order valence-electron chi connectivity index (χ1n) is 6.19. The van der Waals surface area contributed by atoms with E-state index >= 15 is 0 Å². The third kappa shape index (κ3) is 5.67. The first-order chi connectivity index (χ1) is 9.17. The van der Waals surface area contributed by atoms with Crippen LogP contribution >= 0.6 is 0 Å². The van der Waals surface area contributed by atoms with Gasteiger partial charge in [-0.05, 0) is 13.0 Å². The lowest BCUT2D eigenvalue weighted by atomic mass is 10.2. The Kier molecular flexibility index (Phi) is 6.84. The number of nitrogens with zero attached hydrogens (tertiary/aromatic N) is 1. The topological polar surface area (TPSA) is 80.7 Å². The van der Waals surface area contributed by atoms with Gasteiger partial charge in [-0.25, -0.2) is 4.98 Å². The molecule has 1 unspecified atom stereocenters. The number of rotatable bonds is 8. The Labute approximate surface area is 112 Å². The molecule has 0 spiro atoms. The molecule has 6 nitrogen and oxygen atoms in total. The fourth-order valence-electron chi connectivity index (χ4n) is 1.60. The van der Waals surface area contributed by atoms with E-state index < -0.39 is 12.1 Å². The maximum absolute atomic E-state index is 11.1. The van der Waals surface area contributed by atoms with Gasteiger partial charge in [0.15, 0.2) is 0 Å². The zero-order valence-corrected chi connectivity index (χ0v) is 11.3. The molecular weight excluding hydrogens is 248 g/mol. The lowest BCUT2D eigenvalue weighted by molar-refractivity contribution is -0.145. The number of nitrogens with one attached hydrogen (secondary N) is 1. The third-order valence-corrected chi connectivity index (χ3v) is 2.45. The summed E-state index contributed by atoms with van der Waals surface area (Å²) < 4.78 is 9.87. The van der Waals surface area contributed by atoms with Gasteiger partial charge in [0.1, 0.15) is 0 Å². The second-order valence-corrected chi connectivity index (χ2v) is 3.97. The van der Waals surface area contributed by atoms with E-state index in [0.29, 0.717) is 25.6 Å². The molecule has 1 rings (SSSR count). The average molecular weight is 268 g/mol. The first-order valence-corrected chi connectivity index (χ1v) is 6.19. The fraction of sp³-hybridized carbons (Fsp3) is 0.538. The standard InChI is InChI=1S/C13H20N2O4/c1-3-19-12(17)7-11(16)9-14-8-10-5-4-6-15-13(10)18-2/h4-6,11,14,16H,3,7-9H2,1-2H3. The molecule has 0 saturated carbocycles. The number of methoxy groups -OCH3 is 1. The summed E-state index contributed by atoms with van der Waals surface area (Å²) in [5.41, 5.74) is 0.897. The van der Waals surface area contributed by atoms with Gasteiger partial charge in [-0.3, -0.25) is 4.79 Å². The lowest BCUT2D eigenvalue weighted by Crippen LogP contribution is -2.29. The molecule has 0 radical (unpaired) electrons. The van der Waals surface area contributed by atoms with E-state index in [2.05, 4.69) is 10.3 Å². The summed E-state index contributed by atoms with van der Waals surface area (Å²) in [6.45, 7) is 2.87. The zero-order chi connectivity index (χ0) is 14.1. The van der Waals surface area contributed by atoms with Gasteiger partial charge in [0, 0.05) is 24.8 Å². The van der Waals surface area contributed by atoms with Crippen LogP contribution in [-0.4, -0.2) is 42.4 Å². The van der Waals surface area contributed by atoms with Crippen LogP contribution < -0.4 is 10.1 Å². The van der Waals surface area contributed by atoms with E-state index in [4.69, 9.17) is 9.47 Å². The summed E-state index contributed by atoms with van der Waals surface area (Å²) in [6, 6.07) is 3.70. The molecule has 106 valence electrons. The largest absolute Gasteiger partial charge is 0.481 e. The van der Waals surface area contributed by atoms with Crippen LogP contribution in [0.15, 0.2) is 18.3 Å². The Morgan fingerprint density at radius 1 is 1.58 bits per heavy atom. The van der Waals surface area contributed by atoms with Gasteiger partial charge in [-0.1, -0.05) is 6.07 Å². The van der Waals surface area contributed by atoms with Crippen LogP contribution in [0.4, 0.5) is 0 Å². The third-order valence-electron chi connectivity index (χ3n) is 2.45. The molecule has 1 aromatic rings. The SMILES string of the molecule is CCOC(=O)CC(O)CNCc1cccnc1OC. The van der Waals surface area contributed by atoms with E-state index in [9.17, 15) is 9.90 Å². The van der Waals surface area contributed by atoms with Crippen molar-refractivity contribution in [3.63, 3.8) is 0 Å². The number of esters is 1. The molecule has 0 bridgehead atoms. The molecule has 0 aliphatic rings.